The Morgan fingerprint density at radius 3 is 2.88 bits per heavy atom. The number of sulfonamides is 1. The monoisotopic (exact) mass is 359 g/mol. The second-order valence-electron chi connectivity index (χ2n) is 6.13. The van der Waals surface area contributed by atoms with E-state index in [1.54, 1.807) is 25.1 Å². The molecule has 9 heteroatoms. The van der Waals surface area contributed by atoms with Gasteiger partial charge in [0.25, 0.3) is 0 Å². The normalized spacial score (nSPS) is 18.8. The molecule has 1 fully saturated rings. The highest BCUT2D eigenvalue weighted by Gasteiger charge is 2.35. The molecule has 3 aromatic rings. The van der Waals surface area contributed by atoms with E-state index in [1.165, 1.54) is 21.4 Å². The second kappa shape index (κ2) is 5.78. The van der Waals surface area contributed by atoms with Gasteiger partial charge >= 0.3 is 5.69 Å². The van der Waals surface area contributed by atoms with E-state index in [1.807, 2.05) is 6.07 Å². The lowest BCUT2D eigenvalue weighted by atomic mass is 10.2. The van der Waals surface area contributed by atoms with Crippen molar-refractivity contribution in [3.05, 3.63) is 52.8 Å². The Bertz CT molecular complexity index is 1100. The van der Waals surface area contributed by atoms with Crippen LogP contribution in [-0.2, 0) is 10.0 Å². The fourth-order valence-corrected chi connectivity index (χ4v) is 5.06. The largest absolute Gasteiger partial charge is 0.328 e. The van der Waals surface area contributed by atoms with E-state index in [0.717, 1.165) is 0 Å². The van der Waals surface area contributed by atoms with Gasteiger partial charge in [0.15, 0.2) is 5.65 Å². The first-order chi connectivity index (χ1) is 12.0. The molecule has 2 aromatic heterocycles. The number of aromatic nitrogens is 4. The van der Waals surface area contributed by atoms with Crippen LogP contribution in [-0.4, -0.2) is 45.3 Å². The van der Waals surface area contributed by atoms with Crippen LogP contribution in [0.4, 0.5) is 0 Å². The standard InChI is InChI=1S/C16H17N5O3S/c1-11-4-2-3-5-14(11)25(23,24)20-7-6-12(9-20)21-15-13(19-16(21)22)8-17-10-18-15/h2-5,8,10,12H,6-7,9H2,1H3,(H,19,22)/t12-/m1/s1. The molecule has 1 saturated heterocycles. The molecule has 1 aliphatic rings. The van der Waals surface area contributed by atoms with Crippen molar-refractivity contribution in [3.8, 4) is 0 Å². The van der Waals surface area contributed by atoms with Crippen molar-refractivity contribution in [1.29, 1.82) is 0 Å². The van der Waals surface area contributed by atoms with Crippen LogP contribution in [0.15, 0.2) is 46.5 Å². The highest BCUT2D eigenvalue weighted by Crippen LogP contribution is 2.29. The first-order valence-corrected chi connectivity index (χ1v) is 9.38. The van der Waals surface area contributed by atoms with Crippen molar-refractivity contribution in [2.75, 3.05) is 13.1 Å². The minimum Gasteiger partial charge on any atom is -0.303 e. The summed E-state index contributed by atoms with van der Waals surface area (Å²) in [5.41, 5.74) is 1.46. The smallest absolute Gasteiger partial charge is 0.303 e. The van der Waals surface area contributed by atoms with Crippen molar-refractivity contribution in [3.63, 3.8) is 0 Å². The zero-order chi connectivity index (χ0) is 17.6. The van der Waals surface area contributed by atoms with E-state index in [9.17, 15) is 13.2 Å². The fraction of sp³-hybridized carbons (Fsp3) is 0.312. The molecule has 0 saturated carbocycles. The van der Waals surface area contributed by atoms with Gasteiger partial charge in [-0.05, 0) is 25.0 Å². The van der Waals surface area contributed by atoms with Crippen LogP contribution in [0.25, 0.3) is 11.2 Å². The lowest BCUT2D eigenvalue weighted by molar-refractivity contribution is 0.450. The molecule has 3 heterocycles. The van der Waals surface area contributed by atoms with Crippen molar-refractivity contribution in [1.82, 2.24) is 23.8 Å². The summed E-state index contributed by atoms with van der Waals surface area (Å²) in [4.78, 5) is 23.4. The van der Waals surface area contributed by atoms with E-state index >= 15 is 0 Å². The van der Waals surface area contributed by atoms with Crippen LogP contribution in [0.5, 0.6) is 0 Å². The lowest BCUT2D eigenvalue weighted by Crippen LogP contribution is -2.31. The van der Waals surface area contributed by atoms with E-state index < -0.39 is 10.0 Å². The molecule has 4 rings (SSSR count). The average molecular weight is 359 g/mol. The summed E-state index contributed by atoms with van der Waals surface area (Å²) in [6, 6.07) is 6.67. The predicted molar refractivity (Wildman–Crippen MR) is 91.7 cm³/mol. The number of benzene rings is 1. The number of aromatic amines is 1. The number of nitrogens with one attached hydrogen (secondary N) is 1. The maximum absolute atomic E-state index is 12.9. The molecule has 25 heavy (non-hydrogen) atoms. The highest BCUT2D eigenvalue weighted by molar-refractivity contribution is 7.89. The van der Waals surface area contributed by atoms with Gasteiger partial charge in [-0.15, -0.1) is 0 Å². The molecule has 0 amide bonds. The molecular formula is C16H17N5O3S. The van der Waals surface area contributed by atoms with Gasteiger partial charge in [-0.3, -0.25) is 4.57 Å². The first-order valence-electron chi connectivity index (χ1n) is 7.94. The summed E-state index contributed by atoms with van der Waals surface area (Å²) in [6.45, 7) is 2.39. The number of H-pyrrole nitrogens is 1. The minimum atomic E-state index is -3.58. The number of imidazole rings is 1. The zero-order valence-electron chi connectivity index (χ0n) is 13.6. The molecule has 0 aliphatic carbocycles. The maximum atomic E-state index is 12.9. The number of fused-ring (bicyclic) bond motifs is 1. The predicted octanol–water partition coefficient (Wildman–Crippen LogP) is 1.06. The SMILES string of the molecule is Cc1ccccc1S(=O)(=O)N1CC[C@@H](n2c(=O)[nH]c3cncnc32)C1. The molecule has 1 atom stereocenters. The quantitative estimate of drug-likeness (QED) is 0.754. The van der Waals surface area contributed by atoms with Crippen LogP contribution in [0.2, 0.25) is 0 Å². The summed E-state index contributed by atoms with van der Waals surface area (Å²) in [6.07, 6.45) is 3.47. The summed E-state index contributed by atoms with van der Waals surface area (Å²) >= 11 is 0. The average Bonchev–Trinajstić information content (AvgIpc) is 3.18. The topological polar surface area (TPSA) is 101 Å². The second-order valence-corrected chi connectivity index (χ2v) is 8.04. The molecule has 0 spiro atoms. The Labute approximate surface area is 144 Å². The Morgan fingerprint density at radius 2 is 2.08 bits per heavy atom. The molecule has 1 aromatic carbocycles. The molecular weight excluding hydrogens is 342 g/mol. The van der Waals surface area contributed by atoms with Crippen LogP contribution in [0, 0.1) is 6.92 Å². The lowest BCUT2D eigenvalue weighted by Gasteiger charge is -2.18. The first kappa shape index (κ1) is 16.0. The van der Waals surface area contributed by atoms with E-state index in [4.69, 9.17) is 0 Å². The maximum Gasteiger partial charge on any atom is 0.328 e. The van der Waals surface area contributed by atoms with Crippen LogP contribution >= 0.6 is 0 Å². The van der Waals surface area contributed by atoms with Gasteiger partial charge in [0.05, 0.1) is 17.1 Å². The summed E-state index contributed by atoms with van der Waals surface area (Å²) < 4.78 is 28.8. The summed E-state index contributed by atoms with van der Waals surface area (Å²) in [7, 11) is -3.58. The summed E-state index contributed by atoms with van der Waals surface area (Å²) in [5, 5.41) is 0. The zero-order valence-corrected chi connectivity index (χ0v) is 14.4. The molecule has 1 N–H and O–H groups in total. The van der Waals surface area contributed by atoms with Crippen molar-refractivity contribution < 1.29 is 8.42 Å². The molecule has 8 nitrogen and oxygen atoms in total. The number of nitrogens with zero attached hydrogens (tertiary/aromatic N) is 4. The van der Waals surface area contributed by atoms with Gasteiger partial charge < -0.3 is 4.98 Å². The van der Waals surface area contributed by atoms with Gasteiger partial charge in [-0.1, -0.05) is 18.2 Å². The van der Waals surface area contributed by atoms with E-state index in [2.05, 4.69) is 15.0 Å². The van der Waals surface area contributed by atoms with Gasteiger partial charge in [-0.2, -0.15) is 4.31 Å². The van der Waals surface area contributed by atoms with E-state index in [-0.39, 0.29) is 18.3 Å². The molecule has 0 radical (unpaired) electrons. The molecule has 130 valence electrons. The Balaban J connectivity index is 1.69. The number of hydrogen-bond donors (Lipinski definition) is 1. The van der Waals surface area contributed by atoms with Crippen molar-refractivity contribution in [2.45, 2.75) is 24.3 Å². The van der Waals surface area contributed by atoms with Gasteiger partial charge in [0, 0.05) is 13.1 Å². The molecule has 0 unspecified atom stereocenters. The third-order valence-corrected chi connectivity index (χ3v) is 6.61. The number of rotatable bonds is 3. The van der Waals surface area contributed by atoms with Gasteiger partial charge in [0.1, 0.15) is 11.8 Å². The van der Waals surface area contributed by atoms with Gasteiger partial charge in [-0.25, -0.2) is 23.2 Å². The Morgan fingerprint density at radius 1 is 1.28 bits per heavy atom. The van der Waals surface area contributed by atoms with Crippen LogP contribution in [0.1, 0.15) is 18.0 Å². The number of aryl methyl sites for hydroxylation is 1. The third kappa shape index (κ3) is 2.56. The number of hydrogen-bond acceptors (Lipinski definition) is 5. The third-order valence-electron chi connectivity index (χ3n) is 4.58. The fourth-order valence-electron chi connectivity index (χ4n) is 3.34. The Hall–Kier alpha value is -2.52. The van der Waals surface area contributed by atoms with Crippen LogP contribution < -0.4 is 5.69 Å². The summed E-state index contributed by atoms with van der Waals surface area (Å²) in [5.74, 6) is 0. The van der Waals surface area contributed by atoms with Crippen molar-refractivity contribution in [2.24, 2.45) is 0 Å². The highest BCUT2D eigenvalue weighted by atomic mass is 32.2. The van der Waals surface area contributed by atoms with Gasteiger partial charge in [0.2, 0.25) is 10.0 Å². The Kier molecular flexibility index (Phi) is 3.69. The van der Waals surface area contributed by atoms with E-state index in [0.29, 0.717) is 34.6 Å². The van der Waals surface area contributed by atoms with Crippen LogP contribution in [0.3, 0.4) is 0 Å². The van der Waals surface area contributed by atoms with Crippen molar-refractivity contribution >= 4 is 21.2 Å². The minimum absolute atomic E-state index is 0.244. The molecule has 1 aliphatic heterocycles. The molecule has 0 bridgehead atoms.